The first-order valence-corrected chi connectivity index (χ1v) is 11.2. The van der Waals surface area contributed by atoms with E-state index in [-0.39, 0.29) is 5.91 Å². The number of rotatable bonds is 3. The Morgan fingerprint density at radius 3 is 2.42 bits per heavy atom. The SMILES string of the molecule is Cc1nnc2ccc3c(cc(C(=O)N4CCOCC4)n3Cc3cccc(Cl)c3)n12.O=C(O)C(F)(F)F. The van der Waals surface area contributed by atoms with Crippen LogP contribution in [0.5, 0.6) is 0 Å². The van der Waals surface area contributed by atoms with Gasteiger partial charge in [-0.15, -0.1) is 10.2 Å². The number of aromatic nitrogens is 4. The third-order valence-corrected chi connectivity index (χ3v) is 5.82. The number of nitrogens with zero attached hydrogens (tertiary/aromatic N) is 5. The smallest absolute Gasteiger partial charge is 0.475 e. The number of morpholine rings is 1. The Labute approximate surface area is 207 Å². The molecule has 1 aliphatic rings. The summed E-state index contributed by atoms with van der Waals surface area (Å²) in [6, 6.07) is 13.6. The summed E-state index contributed by atoms with van der Waals surface area (Å²) < 4.78 is 41.2. The molecule has 1 N–H and O–H groups in total. The van der Waals surface area contributed by atoms with Crippen LogP contribution in [-0.2, 0) is 16.1 Å². The van der Waals surface area contributed by atoms with Gasteiger partial charge in [0.1, 0.15) is 11.5 Å². The second kappa shape index (κ2) is 10.2. The van der Waals surface area contributed by atoms with E-state index in [1.54, 1.807) is 0 Å². The fraction of sp³-hybridized carbons (Fsp3) is 0.304. The molecule has 190 valence electrons. The summed E-state index contributed by atoms with van der Waals surface area (Å²) in [5.41, 5.74) is 4.31. The predicted molar refractivity (Wildman–Crippen MR) is 124 cm³/mol. The number of carbonyl (C=O) groups excluding carboxylic acids is 1. The van der Waals surface area contributed by atoms with Crippen LogP contribution >= 0.6 is 11.6 Å². The highest BCUT2D eigenvalue weighted by Crippen LogP contribution is 2.25. The highest BCUT2D eigenvalue weighted by atomic mass is 35.5. The average Bonchev–Trinajstić information content (AvgIpc) is 3.39. The highest BCUT2D eigenvalue weighted by Gasteiger charge is 2.38. The summed E-state index contributed by atoms with van der Waals surface area (Å²) in [5.74, 6) is -1.96. The lowest BCUT2D eigenvalue weighted by atomic mass is 10.2. The van der Waals surface area contributed by atoms with Crippen LogP contribution in [0.3, 0.4) is 0 Å². The molecule has 4 heterocycles. The predicted octanol–water partition coefficient (Wildman–Crippen LogP) is 3.80. The standard InChI is InChI=1S/C21H20ClN5O2.C2HF3O2/c1-14-23-24-20-6-5-17-18(27(14)20)12-19(21(28)25-7-9-29-10-8-25)26(17)13-15-3-2-4-16(22)11-15;3-2(4,5)1(6)7/h2-6,11-12H,7-10,13H2,1H3;(H,6,7). The Kier molecular flexibility index (Phi) is 7.18. The van der Waals surface area contributed by atoms with Crippen LogP contribution in [0.15, 0.2) is 42.5 Å². The van der Waals surface area contributed by atoms with Gasteiger partial charge in [-0.3, -0.25) is 9.20 Å². The van der Waals surface area contributed by atoms with Gasteiger partial charge in [0.2, 0.25) is 0 Å². The minimum atomic E-state index is -5.08. The van der Waals surface area contributed by atoms with E-state index in [4.69, 9.17) is 26.2 Å². The van der Waals surface area contributed by atoms with Crippen LogP contribution in [-0.4, -0.2) is 73.5 Å². The van der Waals surface area contributed by atoms with Crippen LogP contribution < -0.4 is 0 Å². The Hall–Kier alpha value is -3.64. The van der Waals surface area contributed by atoms with Crippen molar-refractivity contribution in [3.05, 3.63) is 64.6 Å². The molecule has 4 aromatic rings. The second-order valence-corrected chi connectivity index (χ2v) is 8.43. The molecule has 0 saturated carbocycles. The Morgan fingerprint density at radius 1 is 1.08 bits per heavy atom. The number of hydrogen-bond acceptors (Lipinski definition) is 5. The normalized spacial score (nSPS) is 14.1. The zero-order chi connectivity index (χ0) is 26.0. The molecule has 36 heavy (non-hydrogen) atoms. The molecule has 5 rings (SSSR count). The molecule has 0 aliphatic carbocycles. The molecule has 0 radical (unpaired) electrons. The third kappa shape index (κ3) is 5.29. The van der Waals surface area contributed by atoms with Crippen LogP contribution in [0, 0.1) is 6.92 Å². The minimum absolute atomic E-state index is 0.00501. The first-order valence-electron chi connectivity index (χ1n) is 10.8. The van der Waals surface area contributed by atoms with E-state index < -0.39 is 12.1 Å². The number of benzene rings is 1. The molecular weight excluding hydrogens is 503 g/mol. The van der Waals surface area contributed by atoms with Gasteiger partial charge < -0.3 is 19.3 Å². The van der Waals surface area contributed by atoms with Crippen molar-refractivity contribution in [1.29, 1.82) is 0 Å². The van der Waals surface area contributed by atoms with Crippen molar-refractivity contribution < 1.29 is 32.6 Å². The Morgan fingerprint density at radius 2 is 1.78 bits per heavy atom. The third-order valence-electron chi connectivity index (χ3n) is 5.59. The lowest BCUT2D eigenvalue weighted by molar-refractivity contribution is -0.192. The molecule has 9 nitrogen and oxygen atoms in total. The molecule has 0 bridgehead atoms. The van der Waals surface area contributed by atoms with Crippen molar-refractivity contribution >= 4 is 40.2 Å². The van der Waals surface area contributed by atoms with Gasteiger partial charge in [0, 0.05) is 24.7 Å². The summed E-state index contributed by atoms with van der Waals surface area (Å²) in [4.78, 5) is 24.1. The molecule has 3 aromatic heterocycles. The van der Waals surface area contributed by atoms with E-state index in [0.29, 0.717) is 43.6 Å². The van der Waals surface area contributed by atoms with E-state index in [2.05, 4.69) is 14.8 Å². The van der Waals surface area contributed by atoms with Gasteiger partial charge in [-0.1, -0.05) is 23.7 Å². The maximum Gasteiger partial charge on any atom is 0.490 e. The number of aliphatic carboxylic acids is 1. The number of carboxylic acids is 1. The highest BCUT2D eigenvalue weighted by molar-refractivity contribution is 6.30. The van der Waals surface area contributed by atoms with Crippen molar-refractivity contribution in [1.82, 2.24) is 24.1 Å². The van der Waals surface area contributed by atoms with Crippen LogP contribution in [0.1, 0.15) is 21.9 Å². The van der Waals surface area contributed by atoms with E-state index in [0.717, 1.165) is 28.1 Å². The van der Waals surface area contributed by atoms with Crippen LogP contribution in [0.4, 0.5) is 13.2 Å². The van der Waals surface area contributed by atoms with Gasteiger partial charge in [0.15, 0.2) is 5.65 Å². The van der Waals surface area contributed by atoms with Gasteiger partial charge in [-0.2, -0.15) is 13.2 Å². The molecule has 1 saturated heterocycles. The number of aryl methyl sites for hydroxylation is 1. The van der Waals surface area contributed by atoms with Crippen molar-refractivity contribution in [3.8, 4) is 0 Å². The van der Waals surface area contributed by atoms with E-state index in [9.17, 15) is 18.0 Å². The fourth-order valence-electron chi connectivity index (χ4n) is 3.94. The first-order chi connectivity index (χ1) is 17.1. The van der Waals surface area contributed by atoms with Crippen molar-refractivity contribution in [2.45, 2.75) is 19.6 Å². The van der Waals surface area contributed by atoms with Crippen molar-refractivity contribution in [2.24, 2.45) is 0 Å². The molecule has 1 fully saturated rings. The average molecular weight is 524 g/mol. The van der Waals surface area contributed by atoms with Crippen LogP contribution in [0.25, 0.3) is 16.7 Å². The second-order valence-electron chi connectivity index (χ2n) is 8.00. The van der Waals surface area contributed by atoms with Gasteiger partial charge in [-0.25, -0.2) is 4.79 Å². The Balaban J connectivity index is 0.000000384. The van der Waals surface area contributed by atoms with Crippen LogP contribution in [0.2, 0.25) is 5.02 Å². The molecular formula is C23H21ClF3N5O4. The molecule has 1 aromatic carbocycles. The first kappa shape index (κ1) is 25.5. The van der Waals surface area contributed by atoms with E-state index in [1.807, 2.05) is 58.7 Å². The van der Waals surface area contributed by atoms with Gasteiger partial charge in [-0.05, 0) is 42.8 Å². The molecule has 1 amide bonds. The number of alkyl halides is 3. The molecule has 1 aliphatic heterocycles. The lowest BCUT2D eigenvalue weighted by Crippen LogP contribution is -2.41. The number of carbonyl (C=O) groups is 2. The van der Waals surface area contributed by atoms with Gasteiger partial charge >= 0.3 is 12.1 Å². The molecule has 0 spiro atoms. The number of ether oxygens (including phenoxy) is 1. The number of fused-ring (bicyclic) bond motifs is 3. The van der Waals surface area contributed by atoms with Gasteiger partial charge in [0.25, 0.3) is 5.91 Å². The topological polar surface area (TPSA) is 102 Å². The zero-order valence-corrected chi connectivity index (χ0v) is 19.8. The summed E-state index contributed by atoms with van der Waals surface area (Å²) in [7, 11) is 0. The number of halogens is 4. The Bertz CT molecular complexity index is 1430. The largest absolute Gasteiger partial charge is 0.490 e. The summed E-state index contributed by atoms with van der Waals surface area (Å²) in [6.07, 6.45) is -5.08. The van der Waals surface area contributed by atoms with Crippen molar-refractivity contribution in [3.63, 3.8) is 0 Å². The number of pyridine rings is 1. The fourth-order valence-corrected chi connectivity index (χ4v) is 4.15. The molecule has 0 unspecified atom stereocenters. The number of amides is 1. The molecule has 0 atom stereocenters. The lowest BCUT2D eigenvalue weighted by Gasteiger charge is -2.27. The van der Waals surface area contributed by atoms with E-state index in [1.165, 1.54) is 0 Å². The summed E-state index contributed by atoms with van der Waals surface area (Å²) in [5, 5.41) is 16.2. The maximum absolute atomic E-state index is 13.4. The van der Waals surface area contributed by atoms with E-state index >= 15 is 0 Å². The maximum atomic E-state index is 13.4. The molecule has 13 heteroatoms. The minimum Gasteiger partial charge on any atom is -0.475 e. The summed E-state index contributed by atoms with van der Waals surface area (Å²) >= 11 is 6.19. The quantitative estimate of drug-likeness (QED) is 0.438. The zero-order valence-electron chi connectivity index (χ0n) is 19.0. The monoisotopic (exact) mass is 523 g/mol. The van der Waals surface area contributed by atoms with Gasteiger partial charge in [0.05, 0.1) is 24.2 Å². The number of carboxylic acid groups (broad SMARTS) is 1. The summed E-state index contributed by atoms with van der Waals surface area (Å²) in [6.45, 7) is 4.78. The number of hydrogen-bond donors (Lipinski definition) is 1. The van der Waals surface area contributed by atoms with Crippen molar-refractivity contribution in [2.75, 3.05) is 26.3 Å².